The van der Waals surface area contributed by atoms with E-state index in [4.69, 9.17) is 4.74 Å². The van der Waals surface area contributed by atoms with Gasteiger partial charge in [0.2, 0.25) is 0 Å². The molecule has 6 nitrogen and oxygen atoms in total. The fraction of sp³-hybridized carbons (Fsp3) is 0.357. The van der Waals surface area contributed by atoms with Crippen molar-refractivity contribution in [1.82, 2.24) is 9.55 Å². The average molecular weight is 293 g/mol. The van der Waals surface area contributed by atoms with E-state index < -0.39 is 10.7 Å². The van der Waals surface area contributed by atoms with Crippen molar-refractivity contribution in [1.29, 1.82) is 0 Å². The molecule has 1 aromatic heterocycles. The molecule has 112 valence electrons. The lowest BCUT2D eigenvalue weighted by atomic mass is 10.1. The van der Waals surface area contributed by atoms with Crippen LogP contribution in [0.3, 0.4) is 0 Å². The van der Waals surface area contributed by atoms with E-state index in [1.165, 1.54) is 19.4 Å². The van der Waals surface area contributed by atoms with E-state index in [2.05, 4.69) is 4.98 Å². The normalized spacial score (nSPS) is 10.7. The van der Waals surface area contributed by atoms with Gasteiger partial charge in [0.25, 0.3) is 0 Å². The van der Waals surface area contributed by atoms with E-state index in [9.17, 15) is 14.5 Å². The van der Waals surface area contributed by atoms with Crippen molar-refractivity contribution in [3.05, 3.63) is 40.1 Å². The molecule has 7 heteroatoms. The zero-order valence-electron chi connectivity index (χ0n) is 12.1. The number of hydrogen-bond acceptors (Lipinski definition) is 4. The molecule has 0 bridgehead atoms. The maximum Gasteiger partial charge on any atom is 0.311 e. The molecule has 0 spiro atoms. The molecule has 0 N–H and O–H groups in total. The first-order valence-corrected chi connectivity index (χ1v) is 6.54. The Morgan fingerprint density at radius 2 is 2.19 bits per heavy atom. The molecule has 0 radical (unpaired) electrons. The van der Waals surface area contributed by atoms with Crippen molar-refractivity contribution in [2.45, 2.75) is 26.8 Å². The summed E-state index contributed by atoms with van der Waals surface area (Å²) in [6.45, 7) is 4.48. The summed E-state index contributed by atoms with van der Waals surface area (Å²) in [6.07, 6.45) is 2.38. The first kappa shape index (κ1) is 15.0. The Morgan fingerprint density at radius 1 is 1.48 bits per heavy atom. The van der Waals surface area contributed by atoms with Gasteiger partial charge in [0, 0.05) is 24.2 Å². The fourth-order valence-electron chi connectivity index (χ4n) is 2.24. The molecule has 0 aliphatic rings. The van der Waals surface area contributed by atoms with Crippen LogP contribution in [0.15, 0.2) is 18.3 Å². The van der Waals surface area contributed by atoms with E-state index in [1.807, 2.05) is 18.4 Å². The molecule has 0 aliphatic heterocycles. The molecular formula is C14H16FN3O3. The van der Waals surface area contributed by atoms with Gasteiger partial charge in [-0.05, 0) is 13.3 Å². The smallest absolute Gasteiger partial charge is 0.311 e. The second kappa shape index (κ2) is 5.90. The van der Waals surface area contributed by atoms with Crippen molar-refractivity contribution in [2.24, 2.45) is 0 Å². The van der Waals surface area contributed by atoms with Crippen LogP contribution >= 0.6 is 0 Å². The number of rotatable bonds is 5. The second-order valence-electron chi connectivity index (χ2n) is 4.60. The molecule has 0 amide bonds. The number of aryl methyl sites for hydroxylation is 1. The van der Waals surface area contributed by atoms with Crippen LogP contribution < -0.4 is 4.74 Å². The molecule has 21 heavy (non-hydrogen) atoms. The highest BCUT2D eigenvalue weighted by Gasteiger charge is 2.22. The van der Waals surface area contributed by atoms with Gasteiger partial charge >= 0.3 is 5.69 Å². The van der Waals surface area contributed by atoms with E-state index >= 15 is 0 Å². The summed E-state index contributed by atoms with van der Waals surface area (Å²) in [5, 5.41) is 11.1. The third-order valence-electron chi connectivity index (χ3n) is 3.24. The van der Waals surface area contributed by atoms with Crippen molar-refractivity contribution in [2.75, 3.05) is 7.11 Å². The van der Waals surface area contributed by atoms with Gasteiger partial charge in [-0.2, -0.15) is 0 Å². The standard InChI is InChI=1S/C14H16FN3O3/c1-4-5-17-9(2)16-8-13(17)10-6-12(18(19)20)14(21-3)7-11(10)15/h6-8H,4-5H2,1-3H3. The quantitative estimate of drug-likeness (QED) is 0.626. The molecular weight excluding hydrogens is 277 g/mol. The van der Waals surface area contributed by atoms with Crippen molar-refractivity contribution >= 4 is 5.69 Å². The summed E-state index contributed by atoms with van der Waals surface area (Å²) in [5.74, 6) is 0.0685. The van der Waals surface area contributed by atoms with E-state index in [-0.39, 0.29) is 17.0 Å². The molecule has 0 aliphatic carbocycles. The van der Waals surface area contributed by atoms with Crippen molar-refractivity contribution < 1.29 is 14.1 Å². The zero-order valence-corrected chi connectivity index (χ0v) is 12.1. The van der Waals surface area contributed by atoms with E-state index in [0.717, 1.165) is 18.3 Å². The topological polar surface area (TPSA) is 70.2 Å². The molecule has 0 atom stereocenters. The molecule has 0 unspecified atom stereocenters. The predicted octanol–water partition coefficient (Wildman–Crippen LogP) is 3.32. The van der Waals surface area contributed by atoms with Crippen LogP contribution in [-0.2, 0) is 6.54 Å². The van der Waals surface area contributed by atoms with Gasteiger partial charge in [-0.3, -0.25) is 10.1 Å². The van der Waals surface area contributed by atoms with Gasteiger partial charge in [-0.1, -0.05) is 6.92 Å². The van der Waals surface area contributed by atoms with Crippen molar-refractivity contribution in [3.8, 4) is 17.0 Å². The maximum atomic E-state index is 14.3. The SMILES string of the molecule is CCCn1c(-c2cc([N+](=O)[O-])c(OC)cc2F)cnc1C. The summed E-state index contributed by atoms with van der Waals surface area (Å²) in [7, 11) is 1.27. The van der Waals surface area contributed by atoms with Crippen LogP contribution in [-0.4, -0.2) is 21.6 Å². The Labute approximate surface area is 121 Å². The second-order valence-corrected chi connectivity index (χ2v) is 4.60. The molecule has 1 heterocycles. The molecule has 2 rings (SSSR count). The van der Waals surface area contributed by atoms with Gasteiger partial charge in [-0.25, -0.2) is 9.37 Å². The van der Waals surface area contributed by atoms with Crippen LogP contribution in [0.25, 0.3) is 11.3 Å². The Kier molecular flexibility index (Phi) is 4.21. The Morgan fingerprint density at radius 3 is 2.76 bits per heavy atom. The molecule has 2 aromatic rings. The third kappa shape index (κ3) is 2.72. The highest BCUT2D eigenvalue weighted by molar-refractivity contribution is 5.67. The summed E-state index contributed by atoms with van der Waals surface area (Å²) < 4.78 is 21.0. The molecule has 1 aromatic carbocycles. The predicted molar refractivity (Wildman–Crippen MR) is 75.9 cm³/mol. The number of methoxy groups -OCH3 is 1. The number of benzene rings is 1. The summed E-state index contributed by atoms with van der Waals surface area (Å²) in [5.41, 5.74) is 0.407. The molecule has 0 saturated carbocycles. The van der Waals surface area contributed by atoms with Crippen LogP contribution in [0.1, 0.15) is 19.2 Å². The van der Waals surface area contributed by atoms with Crippen LogP contribution in [0.4, 0.5) is 10.1 Å². The first-order valence-electron chi connectivity index (χ1n) is 6.54. The lowest BCUT2D eigenvalue weighted by Gasteiger charge is -2.11. The monoisotopic (exact) mass is 293 g/mol. The van der Waals surface area contributed by atoms with Gasteiger partial charge in [0.1, 0.15) is 11.6 Å². The number of halogens is 1. The number of ether oxygens (including phenoxy) is 1. The fourth-order valence-corrected chi connectivity index (χ4v) is 2.24. The van der Waals surface area contributed by atoms with Crippen LogP contribution in [0, 0.1) is 22.9 Å². The average Bonchev–Trinajstić information content (AvgIpc) is 2.80. The Bertz CT molecular complexity index is 682. The summed E-state index contributed by atoms with van der Waals surface area (Å²) in [4.78, 5) is 14.6. The Hall–Kier alpha value is -2.44. The van der Waals surface area contributed by atoms with E-state index in [0.29, 0.717) is 12.2 Å². The maximum absolute atomic E-state index is 14.3. The third-order valence-corrected chi connectivity index (χ3v) is 3.24. The molecule has 0 fully saturated rings. The largest absolute Gasteiger partial charge is 0.490 e. The first-order chi connectivity index (χ1) is 9.99. The highest BCUT2D eigenvalue weighted by Crippen LogP contribution is 2.35. The van der Waals surface area contributed by atoms with Crippen LogP contribution in [0.5, 0.6) is 5.75 Å². The van der Waals surface area contributed by atoms with Gasteiger partial charge in [-0.15, -0.1) is 0 Å². The van der Waals surface area contributed by atoms with Gasteiger partial charge < -0.3 is 9.30 Å². The van der Waals surface area contributed by atoms with Gasteiger partial charge in [0.05, 0.1) is 23.9 Å². The van der Waals surface area contributed by atoms with Gasteiger partial charge in [0.15, 0.2) is 5.75 Å². The lowest BCUT2D eigenvalue weighted by molar-refractivity contribution is -0.385. The summed E-state index contributed by atoms with van der Waals surface area (Å²) >= 11 is 0. The Balaban J connectivity index is 2.64. The lowest BCUT2D eigenvalue weighted by Crippen LogP contribution is -2.03. The minimum Gasteiger partial charge on any atom is -0.490 e. The number of nitro groups is 1. The highest BCUT2D eigenvalue weighted by atomic mass is 19.1. The summed E-state index contributed by atoms with van der Waals surface area (Å²) in [6, 6.07) is 2.23. The van der Waals surface area contributed by atoms with E-state index in [1.54, 1.807) is 0 Å². The number of imidazole rings is 1. The molecule has 0 saturated heterocycles. The number of nitrogens with zero attached hydrogens (tertiary/aromatic N) is 3. The number of nitro benzene ring substituents is 1. The zero-order chi connectivity index (χ0) is 15.6. The minimum atomic E-state index is -0.588. The number of aromatic nitrogens is 2. The van der Waals surface area contributed by atoms with Crippen LogP contribution in [0.2, 0.25) is 0 Å². The van der Waals surface area contributed by atoms with Crippen molar-refractivity contribution in [3.63, 3.8) is 0 Å². The minimum absolute atomic E-state index is 0.0977. The number of hydrogen-bond donors (Lipinski definition) is 0.